The number of morpholine rings is 1. The number of rotatable bonds is 5. The third kappa shape index (κ3) is 5.09. The number of nitrogens with two attached hydrogens (primary N) is 1. The van der Waals surface area contributed by atoms with Crippen LogP contribution in [-0.2, 0) is 17.5 Å². The Bertz CT molecular complexity index is 1270. The van der Waals surface area contributed by atoms with E-state index in [9.17, 15) is 18.0 Å². The summed E-state index contributed by atoms with van der Waals surface area (Å²) in [5.74, 6) is 1.01. The summed E-state index contributed by atoms with van der Waals surface area (Å²) >= 11 is 0. The second-order valence-corrected chi connectivity index (χ2v) is 8.30. The monoisotopic (exact) mass is 489 g/mol. The first-order chi connectivity index (χ1) is 16.6. The van der Waals surface area contributed by atoms with Crippen molar-refractivity contribution in [3.05, 3.63) is 52.3 Å². The van der Waals surface area contributed by atoms with Crippen molar-refractivity contribution in [2.24, 2.45) is 0 Å². The molecular weight excluding hydrogens is 463 g/mol. The summed E-state index contributed by atoms with van der Waals surface area (Å²) in [6.45, 7) is 5.07. The molecule has 2 heterocycles. The van der Waals surface area contributed by atoms with E-state index in [1.54, 1.807) is 24.0 Å². The van der Waals surface area contributed by atoms with Gasteiger partial charge < -0.3 is 25.4 Å². The van der Waals surface area contributed by atoms with Crippen LogP contribution in [-0.4, -0.2) is 54.2 Å². The van der Waals surface area contributed by atoms with Gasteiger partial charge in [0.15, 0.2) is 0 Å². The summed E-state index contributed by atoms with van der Waals surface area (Å²) in [6, 6.07) is 5.76. The summed E-state index contributed by atoms with van der Waals surface area (Å²) in [4.78, 5) is 23.7. The Morgan fingerprint density at radius 2 is 1.89 bits per heavy atom. The van der Waals surface area contributed by atoms with E-state index in [2.05, 4.69) is 15.3 Å². The number of benzene rings is 2. The van der Waals surface area contributed by atoms with Crippen LogP contribution in [0.5, 0.6) is 5.75 Å². The number of fused-ring (bicyclic) bond motifs is 1. The molecule has 35 heavy (non-hydrogen) atoms. The van der Waals surface area contributed by atoms with Gasteiger partial charge in [-0.2, -0.15) is 13.2 Å². The number of anilines is 2. The van der Waals surface area contributed by atoms with Gasteiger partial charge in [0.05, 0.1) is 37.0 Å². The summed E-state index contributed by atoms with van der Waals surface area (Å²) in [5, 5.41) is 3.69. The van der Waals surface area contributed by atoms with Crippen LogP contribution in [0.1, 0.15) is 32.9 Å². The molecule has 1 aliphatic heterocycles. The maximum absolute atomic E-state index is 13.4. The second kappa shape index (κ2) is 9.57. The Morgan fingerprint density at radius 1 is 1.17 bits per heavy atom. The lowest BCUT2D eigenvalue weighted by atomic mass is 10.0. The molecule has 0 radical (unpaired) electrons. The number of aryl methyl sites for hydroxylation is 1. The van der Waals surface area contributed by atoms with Crippen molar-refractivity contribution in [1.82, 2.24) is 14.9 Å². The van der Waals surface area contributed by atoms with Crippen molar-refractivity contribution in [2.75, 3.05) is 44.5 Å². The van der Waals surface area contributed by atoms with Gasteiger partial charge in [-0.3, -0.25) is 4.79 Å². The molecule has 1 fully saturated rings. The van der Waals surface area contributed by atoms with Crippen LogP contribution in [0.2, 0.25) is 0 Å². The van der Waals surface area contributed by atoms with Crippen molar-refractivity contribution >= 4 is 28.3 Å². The van der Waals surface area contributed by atoms with E-state index in [1.165, 1.54) is 20.1 Å². The Labute approximate surface area is 200 Å². The van der Waals surface area contributed by atoms with Gasteiger partial charge in [0.1, 0.15) is 17.4 Å². The zero-order valence-corrected chi connectivity index (χ0v) is 19.6. The number of hydrogen-bond acceptors (Lipinski definition) is 7. The summed E-state index contributed by atoms with van der Waals surface area (Å²) in [6.07, 6.45) is -4.51. The van der Waals surface area contributed by atoms with Crippen molar-refractivity contribution in [2.45, 2.75) is 26.6 Å². The third-order valence-corrected chi connectivity index (χ3v) is 5.95. The molecule has 1 amide bonds. The summed E-state index contributed by atoms with van der Waals surface area (Å²) in [5.41, 5.74) is 6.36. The fourth-order valence-electron chi connectivity index (χ4n) is 4.14. The SMILES string of the molecule is COc1cc2c(NCc3cc(N)cc(C(F)(F)F)c3C)nc(C)nc2cc1C(=O)N1CCOCC1. The van der Waals surface area contributed by atoms with Gasteiger partial charge >= 0.3 is 6.18 Å². The van der Waals surface area contributed by atoms with Gasteiger partial charge in [-0.15, -0.1) is 0 Å². The molecule has 1 saturated heterocycles. The van der Waals surface area contributed by atoms with Gasteiger partial charge in [0.2, 0.25) is 0 Å². The highest BCUT2D eigenvalue weighted by molar-refractivity contribution is 6.02. The molecule has 0 saturated carbocycles. The molecule has 8 nitrogen and oxygen atoms in total. The molecule has 186 valence electrons. The Balaban J connectivity index is 1.70. The molecule has 3 N–H and O–H groups in total. The van der Waals surface area contributed by atoms with E-state index in [-0.39, 0.29) is 23.7 Å². The van der Waals surface area contributed by atoms with Gasteiger partial charge in [-0.1, -0.05) is 0 Å². The number of nitrogens with one attached hydrogen (secondary N) is 1. The Kier molecular flexibility index (Phi) is 6.70. The lowest BCUT2D eigenvalue weighted by Crippen LogP contribution is -2.40. The number of nitrogen functional groups attached to an aromatic ring is 1. The molecule has 3 aromatic rings. The minimum Gasteiger partial charge on any atom is -0.496 e. The fraction of sp³-hybridized carbons (Fsp3) is 0.375. The molecule has 1 aliphatic rings. The van der Waals surface area contributed by atoms with E-state index in [0.29, 0.717) is 65.7 Å². The first-order valence-electron chi connectivity index (χ1n) is 11.0. The third-order valence-electron chi connectivity index (χ3n) is 5.95. The largest absolute Gasteiger partial charge is 0.496 e. The predicted molar refractivity (Wildman–Crippen MR) is 125 cm³/mol. The van der Waals surface area contributed by atoms with Crippen molar-refractivity contribution in [3.63, 3.8) is 0 Å². The Morgan fingerprint density at radius 3 is 2.54 bits per heavy atom. The molecule has 0 aliphatic carbocycles. The van der Waals surface area contributed by atoms with Gasteiger partial charge in [0, 0.05) is 30.7 Å². The lowest BCUT2D eigenvalue weighted by Gasteiger charge is -2.27. The number of halogens is 3. The zero-order valence-electron chi connectivity index (χ0n) is 19.6. The van der Waals surface area contributed by atoms with E-state index in [4.69, 9.17) is 15.2 Å². The number of hydrogen-bond donors (Lipinski definition) is 2. The number of alkyl halides is 3. The fourth-order valence-corrected chi connectivity index (χ4v) is 4.14. The van der Waals surface area contributed by atoms with Crippen LogP contribution in [0.3, 0.4) is 0 Å². The van der Waals surface area contributed by atoms with Gasteiger partial charge in [0.25, 0.3) is 5.91 Å². The van der Waals surface area contributed by atoms with Crippen molar-refractivity contribution < 1.29 is 27.4 Å². The van der Waals surface area contributed by atoms with Crippen LogP contribution >= 0.6 is 0 Å². The minimum atomic E-state index is -4.51. The molecule has 11 heteroatoms. The van der Waals surface area contributed by atoms with Crippen LogP contribution in [0, 0.1) is 13.8 Å². The highest BCUT2D eigenvalue weighted by Crippen LogP contribution is 2.35. The number of carbonyl (C=O) groups is 1. The highest BCUT2D eigenvalue weighted by Gasteiger charge is 2.33. The maximum Gasteiger partial charge on any atom is 0.416 e. The smallest absolute Gasteiger partial charge is 0.416 e. The minimum absolute atomic E-state index is 0.0244. The highest BCUT2D eigenvalue weighted by atomic mass is 19.4. The number of aromatic nitrogens is 2. The number of nitrogens with zero attached hydrogens (tertiary/aromatic N) is 3. The molecule has 0 unspecified atom stereocenters. The molecular formula is C24H26F3N5O3. The first kappa shape index (κ1) is 24.5. The predicted octanol–water partition coefficient (Wildman–Crippen LogP) is 3.94. The molecule has 0 bridgehead atoms. The average Bonchev–Trinajstić information content (AvgIpc) is 2.82. The van der Waals surface area contributed by atoms with E-state index in [0.717, 1.165) is 6.07 Å². The lowest BCUT2D eigenvalue weighted by molar-refractivity contribution is -0.138. The number of carbonyl (C=O) groups excluding carboxylic acids is 1. The molecule has 0 spiro atoms. The Hall–Kier alpha value is -3.60. The topological polar surface area (TPSA) is 103 Å². The standard InChI is InChI=1S/C24H26F3N5O3/c1-13-15(8-16(28)9-19(13)24(25,26)27)12-29-22-17-11-21(34-3)18(10-20(17)30-14(2)31-22)23(33)32-4-6-35-7-5-32/h8-11H,4-7,12,28H2,1-3H3,(H,29,30,31). The number of methoxy groups -OCH3 is 1. The van der Waals surface area contributed by atoms with Crippen LogP contribution in [0.25, 0.3) is 10.9 Å². The van der Waals surface area contributed by atoms with Gasteiger partial charge in [-0.25, -0.2) is 9.97 Å². The van der Waals surface area contributed by atoms with Crippen LogP contribution < -0.4 is 15.8 Å². The summed E-state index contributed by atoms with van der Waals surface area (Å²) in [7, 11) is 1.47. The average molecular weight is 489 g/mol. The quantitative estimate of drug-likeness (QED) is 0.524. The van der Waals surface area contributed by atoms with Crippen LogP contribution in [0.4, 0.5) is 24.7 Å². The normalized spacial score (nSPS) is 14.3. The van der Waals surface area contributed by atoms with E-state index < -0.39 is 11.7 Å². The molecule has 1 aromatic heterocycles. The van der Waals surface area contributed by atoms with Gasteiger partial charge in [-0.05, 0) is 49.2 Å². The van der Waals surface area contributed by atoms with E-state index in [1.807, 2.05) is 0 Å². The van der Waals surface area contributed by atoms with Crippen molar-refractivity contribution in [1.29, 1.82) is 0 Å². The number of amides is 1. The number of ether oxygens (including phenoxy) is 2. The molecule has 0 atom stereocenters. The maximum atomic E-state index is 13.4. The molecule has 2 aromatic carbocycles. The van der Waals surface area contributed by atoms with E-state index >= 15 is 0 Å². The first-order valence-corrected chi connectivity index (χ1v) is 11.0. The summed E-state index contributed by atoms with van der Waals surface area (Å²) < 4.78 is 51.0. The zero-order chi connectivity index (χ0) is 25.3. The molecule has 4 rings (SSSR count). The second-order valence-electron chi connectivity index (χ2n) is 8.30. The van der Waals surface area contributed by atoms with Crippen LogP contribution in [0.15, 0.2) is 24.3 Å². The van der Waals surface area contributed by atoms with Crippen molar-refractivity contribution in [3.8, 4) is 5.75 Å².